The lowest BCUT2D eigenvalue weighted by Gasteiger charge is -2.35. The van der Waals surface area contributed by atoms with E-state index >= 15 is 0 Å². The summed E-state index contributed by atoms with van der Waals surface area (Å²) < 4.78 is 15.3. The number of hydrogen-bond acceptors (Lipinski definition) is 5. The minimum Gasteiger partial charge on any atom is -0.339 e. The molecule has 2 aliphatic heterocycles. The van der Waals surface area contributed by atoms with E-state index in [0.29, 0.717) is 6.42 Å². The summed E-state index contributed by atoms with van der Waals surface area (Å²) in [5.74, 6) is -0.124. The Morgan fingerprint density at radius 2 is 1.87 bits per heavy atom. The molecule has 8 heteroatoms. The number of amides is 1. The molecule has 4 heterocycles. The summed E-state index contributed by atoms with van der Waals surface area (Å²) in [6.45, 7) is 3.94. The molecule has 5 rings (SSSR count). The van der Waals surface area contributed by atoms with Crippen molar-refractivity contribution in [1.29, 1.82) is 0 Å². The fourth-order valence-electron chi connectivity index (χ4n) is 4.31. The van der Waals surface area contributed by atoms with Gasteiger partial charge < -0.3 is 9.30 Å². The Labute approximate surface area is 174 Å². The Morgan fingerprint density at radius 3 is 2.67 bits per heavy atom. The normalized spacial score (nSPS) is 22.6. The van der Waals surface area contributed by atoms with E-state index in [-0.39, 0.29) is 23.8 Å². The summed E-state index contributed by atoms with van der Waals surface area (Å²) in [6.07, 6.45) is 4.62. The average Bonchev–Trinajstić information content (AvgIpc) is 3.42. The van der Waals surface area contributed by atoms with Crippen molar-refractivity contribution in [1.82, 2.24) is 30.0 Å². The van der Waals surface area contributed by atoms with Crippen molar-refractivity contribution in [2.75, 3.05) is 26.2 Å². The van der Waals surface area contributed by atoms with Gasteiger partial charge in [-0.15, -0.1) is 0 Å². The van der Waals surface area contributed by atoms with Gasteiger partial charge in [0.25, 0.3) is 0 Å². The first-order chi connectivity index (χ1) is 14.7. The van der Waals surface area contributed by atoms with Crippen molar-refractivity contribution >= 4 is 11.6 Å². The standard InChI is InChI=1S/C22H25FN6O/c23-17-6-4-16(5-7-17)19-13-20(26-25-19)22(30)28-11-9-27(10-12-28)15-18-14-24-21-3-1-2-8-29(18)21/h1-8,14,19-20,25-26H,9-13,15H2. The van der Waals surface area contributed by atoms with Gasteiger partial charge in [-0.2, -0.15) is 0 Å². The molecule has 0 bridgehead atoms. The molecule has 2 atom stereocenters. The number of piperazine rings is 1. The summed E-state index contributed by atoms with van der Waals surface area (Å²) in [5.41, 5.74) is 9.40. The van der Waals surface area contributed by atoms with Crippen LogP contribution in [-0.2, 0) is 11.3 Å². The lowest BCUT2D eigenvalue weighted by Crippen LogP contribution is -2.53. The summed E-state index contributed by atoms with van der Waals surface area (Å²) >= 11 is 0. The van der Waals surface area contributed by atoms with Crippen molar-refractivity contribution in [2.45, 2.75) is 25.0 Å². The van der Waals surface area contributed by atoms with Crippen LogP contribution in [0, 0.1) is 5.82 Å². The maximum absolute atomic E-state index is 13.1. The Morgan fingerprint density at radius 1 is 1.07 bits per heavy atom. The first kappa shape index (κ1) is 19.2. The maximum atomic E-state index is 13.1. The Balaban J connectivity index is 1.15. The van der Waals surface area contributed by atoms with Gasteiger partial charge in [0.1, 0.15) is 17.5 Å². The van der Waals surface area contributed by atoms with Crippen LogP contribution in [0.5, 0.6) is 0 Å². The molecule has 2 aliphatic rings. The molecule has 0 aliphatic carbocycles. The number of hydrogen-bond donors (Lipinski definition) is 2. The molecule has 156 valence electrons. The van der Waals surface area contributed by atoms with E-state index < -0.39 is 0 Å². The third-order valence-corrected chi connectivity index (χ3v) is 6.04. The highest BCUT2D eigenvalue weighted by atomic mass is 19.1. The van der Waals surface area contributed by atoms with Crippen LogP contribution in [0.25, 0.3) is 5.65 Å². The van der Waals surface area contributed by atoms with E-state index in [1.54, 1.807) is 12.1 Å². The zero-order valence-electron chi connectivity index (χ0n) is 16.7. The molecule has 7 nitrogen and oxygen atoms in total. The fraction of sp³-hybridized carbons (Fsp3) is 0.364. The van der Waals surface area contributed by atoms with Crippen molar-refractivity contribution < 1.29 is 9.18 Å². The number of benzene rings is 1. The minimum atomic E-state index is -0.259. The van der Waals surface area contributed by atoms with Crippen LogP contribution >= 0.6 is 0 Å². The van der Waals surface area contributed by atoms with E-state index in [1.165, 1.54) is 12.1 Å². The molecule has 2 unspecified atom stereocenters. The second-order valence-corrected chi connectivity index (χ2v) is 7.96. The number of carbonyl (C=O) groups excluding carboxylic acids is 1. The van der Waals surface area contributed by atoms with Crippen molar-refractivity contribution in [3.8, 4) is 0 Å². The first-order valence-electron chi connectivity index (χ1n) is 10.4. The van der Waals surface area contributed by atoms with Crippen LogP contribution < -0.4 is 10.9 Å². The molecule has 30 heavy (non-hydrogen) atoms. The number of halogens is 1. The summed E-state index contributed by atoms with van der Waals surface area (Å²) in [7, 11) is 0. The van der Waals surface area contributed by atoms with Gasteiger partial charge >= 0.3 is 0 Å². The predicted molar refractivity (Wildman–Crippen MR) is 111 cm³/mol. The monoisotopic (exact) mass is 408 g/mol. The number of fused-ring (bicyclic) bond motifs is 1. The highest BCUT2D eigenvalue weighted by molar-refractivity contribution is 5.82. The van der Waals surface area contributed by atoms with E-state index in [2.05, 4.69) is 25.1 Å². The number of aromatic nitrogens is 2. The van der Waals surface area contributed by atoms with Crippen molar-refractivity contribution in [2.24, 2.45) is 0 Å². The second kappa shape index (κ2) is 8.14. The molecule has 2 aromatic heterocycles. The molecular weight excluding hydrogens is 383 g/mol. The third kappa shape index (κ3) is 3.81. The van der Waals surface area contributed by atoms with Crippen LogP contribution in [0.3, 0.4) is 0 Å². The van der Waals surface area contributed by atoms with Gasteiger partial charge in [-0.05, 0) is 36.2 Å². The largest absolute Gasteiger partial charge is 0.339 e. The quantitative estimate of drug-likeness (QED) is 0.688. The molecule has 3 aromatic rings. The maximum Gasteiger partial charge on any atom is 0.241 e. The van der Waals surface area contributed by atoms with Crippen LogP contribution in [0.15, 0.2) is 54.9 Å². The molecule has 2 saturated heterocycles. The van der Waals surface area contributed by atoms with Gasteiger partial charge in [0.05, 0.1) is 11.9 Å². The summed E-state index contributed by atoms with van der Waals surface area (Å²) in [6, 6.07) is 12.2. The van der Waals surface area contributed by atoms with Crippen LogP contribution in [0.4, 0.5) is 4.39 Å². The lowest BCUT2D eigenvalue weighted by atomic mass is 10.0. The van der Waals surface area contributed by atoms with Gasteiger partial charge in [0.15, 0.2) is 0 Å². The molecule has 2 N–H and O–H groups in total. The van der Waals surface area contributed by atoms with E-state index in [1.807, 2.05) is 35.5 Å². The van der Waals surface area contributed by atoms with Crippen LogP contribution in [0.2, 0.25) is 0 Å². The number of imidazole rings is 1. The van der Waals surface area contributed by atoms with Crippen LogP contribution in [-0.4, -0.2) is 57.3 Å². The van der Waals surface area contributed by atoms with Crippen molar-refractivity contribution in [3.63, 3.8) is 0 Å². The number of carbonyl (C=O) groups is 1. The zero-order chi connectivity index (χ0) is 20.5. The summed E-state index contributed by atoms with van der Waals surface area (Å²) in [4.78, 5) is 21.7. The fourth-order valence-corrected chi connectivity index (χ4v) is 4.31. The van der Waals surface area contributed by atoms with E-state index in [4.69, 9.17) is 0 Å². The first-order valence-corrected chi connectivity index (χ1v) is 10.4. The smallest absolute Gasteiger partial charge is 0.241 e. The van der Waals surface area contributed by atoms with Crippen LogP contribution in [0.1, 0.15) is 23.7 Å². The van der Waals surface area contributed by atoms with Gasteiger partial charge in [-0.1, -0.05) is 18.2 Å². The molecule has 0 spiro atoms. The number of pyridine rings is 1. The Kier molecular flexibility index (Phi) is 5.20. The van der Waals surface area contributed by atoms with Gasteiger partial charge in [0, 0.05) is 45.0 Å². The molecule has 0 saturated carbocycles. The second-order valence-electron chi connectivity index (χ2n) is 7.96. The lowest BCUT2D eigenvalue weighted by molar-refractivity contribution is -0.135. The molecule has 1 amide bonds. The molecule has 1 aromatic carbocycles. The highest BCUT2D eigenvalue weighted by Crippen LogP contribution is 2.23. The molecule has 2 fully saturated rings. The zero-order valence-corrected chi connectivity index (χ0v) is 16.7. The Hall–Kier alpha value is -2.81. The summed E-state index contributed by atoms with van der Waals surface area (Å²) in [5, 5.41) is 0. The Bertz CT molecular complexity index is 1030. The topological polar surface area (TPSA) is 64.9 Å². The van der Waals surface area contributed by atoms with E-state index in [0.717, 1.165) is 49.6 Å². The number of rotatable bonds is 4. The molecule has 0 radical (unpaired) electrons. The number of hydrazine groups is 1. The van der Waals surface area contributed by atoms with Crippen molar-refractivity contribution in [3.05, 3.63) is 71.9 Å². The average molecular weight is 408 g/mol. The van der Waals surface area contributed by atoms with Gasteiger partial charge in [-0.3, -0.25) is 9.69 Å². The van der Waals surface area contributed by atoms with Gasteiger partial charge in [0.2, 0.25) is 5.91 Å². The predicted octanol–water partition coefficient (Wildman–Crippen LogP) is 1.73. The molecular formula is C22H25FN6O. The SMILES string of the molecule is O=C(C1CC(c2ccc(F)cc2)NN1)N1CCN(Cc2cnc3ccccn23)CC1. The third-order valence-electron chi connectivity index (χ3n) is 6.04. The number of nitrogens with one attached hydrogen (secondary N) is 2. The highest BCUT2D eigenvalue weighted by Gasteiger charge is 2.34. The number of nitrogens with zero attached hydrogens (tertiary/aromatic N) is 4. The van der Waals surface area contributed by atoms with E-state index in [9.17, 15) is 9.18 Å². The van der Waals surface area contributed by atoms with Gasteiger partial charge in [-0.25, -0.2) is 20.2 Å². The minimum absolute atomic E-state index is 0.0102.